The van der Waals surface area contributed by atoms with Gasteiger partial charge in [-0.15, -0.1) is 0 Å². The third-order valence-electron chi connectivity index (χ3n) is 8.08. The number of aliphatic imine (C=N–C) groups is 1. The zero-order chi connectivity index (χ0) is 31.2. The third kappa shape index (κ3) is 5.11. The molecule has 4 heterocycles. The van der Waals surface area contributed by atoms with Crippen LogP contribution in [-0.2, 0) is 4.74 Å². The fourth-order valence-electron chi connectivity index (χ4n) is 5.87. The summed E-state index contributed by atoms with van der Waals surface area (Å²) in [7, 11) is 0. The summed E-state index contributed by atoms with van der Waals surface area (Å²) >= 11 is 0. The molecule has 7 rings (SSSR count). The van der Waals surface area contributed by atoms with Crippen molar-refractivity contribution in [3.8, 4) is 16.9 Å². The van der Waals surface area contributed by atoms with Crippen LogP contribution < -0.4 is 21.4 Å². The van der Waals surface area contributed by atoms with E-state index in [2.05, 4.69) is 10.4 Å². The van der Waals surface area contributed by atoms with Crippen LogP contribution in [0.5, 0.6) is 5.75 Å². The zero-order valence-electron chi connectivity index (χ0n) is 24.1. The summed E-state index contributed by atoms with van der Waals surface area (Å²) in [6.07, 6.45) is 4.19. The lowest BCUT2D eigenvalue weighted by molar-refractivity contribution is 0.0240. The zero-order valence-corrected chi connectivity index (χ0v) is 24.1. The number of ether oxygens (including phenoxy) is 2. The number of fused-ring (bicyclic) bond motifs is 2. The Bertz CT molecular complexity index is 1970. The van der Waals surface area contributed by atoms with Gasteiger partial charge in [0, 0.05) is 18.4 Å². The van der Waals surface area contributed by atoms with E-state index < -0.39 is 28.9 Å². The van der Waals surface area contributed by atoms with Crippen LogP contribution in [-0.4, -0.2) is 35.7 Å². The molecule has 45 heavy (non-hydrogen) atoms. The first-order valence-electron chi connectivity index (χ1n) is 14.4. The van der Waals surface area contributed by atoms with Crippen LogP contribution in [0.4, 0.5) is 13.2 Å². The van der Waals surface area contributed by atoms with Crippen molar-refractivity contribution in [2.45, 2.75) is 31.9 Å². The van der Waals surface area contributed by atoms with Gasteiger partial charge in [-0.3, -0.25) is 20.2 Å². The molecule has 1 fully saturated rings. The standard InChI is InChI=1S/C33H28F3N5O4/c1-18(33-28(19-4-2-5-21(34)14-19)32(42)29-23(35)6-3-7-27(29)45-33)41-25-16-38-17-40(37)31(25)30(39-41)20-8-9-26(24(36)15-20)44-22-10-12-43-13-11-22/h2-9,14-18,22,39H,10-13,37H2,1H3. The highest BCUT2D eigenvalue weighted by atomic mass is 19.1. The average molecular weight is 616 g/mol. The molecule has 230 valence electrons. The van der Waals surface area contributed by atoms with Crippen LogP contribution in [0.3, 0.4) is 0 Å². The molecule has 3 aromatic carbocycles. The molecule has 0 spiro atoms. The SMILES string of the molecule is CC(c1oc2cccc(F)c2c(=O)c1-c1cccc(F)c1)N1NC(c2ccc(OC3CCOCC3)c(F)c2)=C2C1=CN=CN2N. The first kappa shape index (κ1) is 28.7. The van der Waals surface area contributed by atoms with Crippen LogP contribution in [0, 0.1) is 17.5 Å². The maximum atomic E-state index is 15.4. The summed E-state index contributed by atoms with van der Waals surface area (Å²) in [5.74, 6) is 4.73. The van der Waals surface area contributed by atoms with Gasteiger partial charge >= 0.3 is 0 Å². The predicted molar refractivity (Wildman–Crippen MR) is 162 cm³/mol. The summed E-state index contributed by atoms with van der Waals surface area (Å²) in [6.45, 7) is 2.88. The van der Waals surface area contributed by atoms with Gasteiger partial charge in [-0.05, 0) is 55.0 Å². The van der Waals surface area contributed by atoms with Gasteiger partial charge in [0.2, 0.25) is 5.43 Å². The quantitative estimate of drug-likeness (QED) is 0.265. The largest absolute Gasteiger partial charge is 0.487 e. The molecule has 12 heteroatoms. The minimum absolute atomic E-state index is 0.00146. The number of halogens is 3. The van der Waals surface area contributed by atoms with E-state index in [-0.39, 0.29) is 39.7 Å². The Kier molecular flexibility index (Phi) is 7.30. The van der Waals surface area contributed by atoms with Gasteiger partial charge in [-0.2, -0.15) is 0 Å². The molecule has 0 amide bonds. The van der Waals surface area contributed by atoms with E-state index in [1.54, 1.807) is 36.3 Å². The highest BCUT2D eigenvalue weighted by Gasteiger charge is 2.37. The first-order valence-corrected chi connectivity index (χ1v) is 14.4. The fraction of sp³-hybridized carbons (Fsp3) is 0.212. The Morgan fingerprint density at radius 1 is 1.02 bits per heavy atom. The van der Waals surface area contributed by atoms with Crippen molar-refractivity contribution in [3.63, 3.8) is 0 Å². The minimum Gasteiger partial charge on any atom is -0.487 e. The number of hydrogen-bond donors (Lipinski definition) is 2. The molecule has 3 aliphatic rings. The second-order valence-corrected chi connectivity index (χ2v) is 10.9. The average Bonchev–Trinajstić information content (AvgIpc) is 3.43. The van der Waals surface area contributed by atoms with Crippen LogP contribution in [0.25, 0.3) is 27.8 Å². The topological polar surface area (TPSA) is 106 Å². The number of nitrogens with two attached hydrogens (primary N) is 1. The number of nitrogens with one attached hydrogen (secondary N) is 1. The Morgan fingerprint density at radius 3 is 2.60 bits per heavy atom. The second kappa shape index (κ2) is 11.5. The summed E-state index contributed by atoms with van der Waals surface area (Å²) < 4.78 is 62.1. The molecule has 0 bridgehead atoms. The molecule has 1 unspecified atom stereocenters. The van der Waals surface area contributed by atoms with E-state index in [0.717, 1.165) is 0 Å². The van der Waals surface area contributed by atoms with Gasteiger partial charge < -0.3 is 13.9 Å². The lowest BCUT2D eigenvalue weighted by Crippen LogP contribution is -2.36. The third-order valence-corrected chi connectivity index (χ3v) is 8.08. The van der Waals surface area contributed by atoms with Crippen molar-refractivity contribution in [2.75, 3.05) is 13.2 Å². The van der Waals surface area contributed by atoms with Crippen molar-refractivity contribution < 1.29 is 27.1 Å². The molecule has 3 N–H and O–H groups in total. The van der Waals surface area contributed by atoms with E-state index in [1.165, 1.54) is 53.8 Å². The van der Waals surface area contributed by atoms with Crippen molar-refractivity contribution in [3.05, 3.63) is 117 Å². The molecule has 0 radical (unpaired) electrons. The fourth-order valence-corrected chi connectivity index (χ4v) is 5.87. The van der Waals surface area contributed by atoms with Gasteiger partial charge in [-0.1, -0.05) is 18.2 Å². The number of hydrazine groups is 2. The predicted octanol–water partition coefficient (Wildman–Crippen LogP) is 5.74. The molecule has 0 saturated carbocycles. The van der Waals surface area contributed by atoms with E-state index in [0.29, 0.717) is 48.7 Å². The second-order valence-electron chi connectivity index (χ2n) is 10.9. The highest BCUT2D eigenvalue weighted by molar-refractivity contribution is 5.84. The Hall–Kier alpha value is -5.07. The number of nitrogens with zero attached hydrogens (tertiary/aromatic N) is 3. The maximum Gasteiger partial charge on any atom is 0.203 e. The van der Waals surface area contributed by atoms with E-state index in [1.807, 2.05) is 0 Å². The van der Waals surface area contributed by atoms with Crippen molar-refractivity contribution in [1.29, 1.82) is 0 Å². The summed E-state index contributed by atoms with van der Waals surface area (Å²) in [5.41, 5.74) is 4.81. The van der Waals surface area contributed by atoms with Crippen LogP contribution >= 0.6 is 0 Å². The molecule has 1 atom stereocenters. The molecule has 1 aromatic heterocycles. The van der Waals surface area contributed by atoms with Gasteiger partial charge in [0.1, 0.15) is 58.2 Å². The van der Waals surface area contributed by atoms with Crippen molar-refractivity contribution in [1.82, 2.24) is 15.4 Å². The number of hydrogen-bond acceptors (Lipinski definition) is 9. The van der Waals surface area contributed by atoms with Gasteiger partial charge in [-0.25, -0.2) is 24.0 Å². The Morgan fingerprint density at radius 2 is 1.82 bits per heavy atom. The lowest BCUT2D eigenvalue weighted by Gasteiger charge is -2.30. The van der Waals surface area contributed by atoms with Crippen LogP contribution in [0.15, 0.2) is 92.5 Å². The highest BCUT2D eigenvalue weighted by Crippen LogP contribution is 2.41. The molecule has 9 nitrogen and oxygen atoms in total. The Labute approximate surface area is 255 Å². The molecule has 0 aliphatic carbocycles. The molecular formula is C33H28F3N5O4. The van der Waals surface area contributed by atoms with E-state index >= 15 is 4.39 Å². The molecule has 1 saturated heterocycles. The van der Waals surface area contributed by atoms with E-state index in [4.69, 9.17) is 19.7 Å². The lowest BCUT2D eigenvalue weighted by atomic mass is 9.98. The van der Waals surface area contributed by atoms with Gasteiger partial charge in [0.15, 0.2) is 11.6 Å². The van der Waals surface area contributed by atoms with Crippen LogP contribution in [0.2, 0.25) is 0 Å². The van der Waals surface area contributed by atoms with Crippen molar-refractivity contribution >= 4 is 23.0 Å². The van der Waals surface area contributed by atoms with E-state index in [9.17, 15) is 13.6 Å². The normalized spacial score (nSPS) is 17.4. The number of benzene rings is 3. The summed E-state index contributed by atoms with van der Waals surface area (Å²) in [6, 6.07) is 13.5. The molecule has 4 aromatic rings. The summed E-state index contributed by atoms with van der Waals surface area (Å²) in [5, 5.41) is 2.72. The molecule has 3 aliphatic heterocycles. The van der Waals surface area contributed by atoms with Crippen LogP contribution in [0.1, 0.15) is 37.1 Å². The van der Waals surface area contributed by atoms with Gasteiger partial charge in [0.25, 0.3) is 0 Å². The Balaban J connectivity index is 1.30. The number of rotatable bonds is 6. The minimum atomic E-state index is -0.759. The maximum absolute atomic E-state index is 15.4. The van der Waals surface area contributed by atoms with Crippen molar-refractivity contribution in [2.24, 2.45) is 10.8 Å². The first-order chi connectivity index (χ1) is 21.8. The van der Waals surface area contributed by atoms with Gasteiger partial charge in [0.05, 0.1) is 30.7 Å². The monoisotopic (exact) mass is 615 g/mol. The summed E-state index contributed by atoms with van der Waals surface area (Å²) in [4.78, 5) is 18.1. The molecular weight excluding hydrogens is 587 g/mol. The smallest absolute Gasteiger partial charge is 0.203 e.